The van der Waals surface area contributed by atoms with Gasteiger partial charge in [-0.25, -0.2) is 0 Å². The summed E-state index contributed by atoms with van der Waals surface area (Å²) in [5, 5.41) is 0. The lowest BCUT2D eigenvalue weighted by atomic mass is 10.1. The average molecular weight is 212 g/mol. The summed E-state index contributed by atoms with van der Waals surface area (Å²) in [5.74, 6) is 0. The van der Waals surface area contributed by atoms with E-state index in [0.29, 0.717) is 0 Å². The van der Waals surface area contributed by atoms with E-state index in [1.807, 2.05) is 25.3 Å². The van der Waals surface area contributed by atoms with Crippen LogP contribution in [0.15, 0.2) is 4.99 Å². The molecule has 2 heteroatoms. The summed E-state index contributed by atoms with van der Waals surface area (Å²) in [4.78, 5) is 6.31. The fraction of sp³-hybridized carbons (Fsp3) is 0.923. The van der Waals surface area contributed by atoms with Crippen LogP contribution in [0.2, 0.25) is 0 Å². The van der Waals surface area contributed by atoms with Crippen LogP contribution in [0, 0.1) is 0 Å². The van der Waals surface area contributed by atoms with E-state index in [2.05, 4.69) is 11.9 Å². The second kappa shape index (κ2) is 11.5. The van der Waals surface area contributed by atoms with Gasteiger partial charge in [0, 0.05) is 20.6 Å². The van der Waals surface area contributed by atoms with Gasteiger partial charge in [-0.1, -0.05) is 51.9 Å². The second-order valence-corrected chi connectivity index (χ2v) is 4.46. The molecule has 0 saturated heterocycles. The standard InChI is InChI=1S/C13H28N2/c1-4-5-6-7-8-9-10-11-12-14-13-15(2)3/h13H,4-12H2,1-3H3/b14-13-. The predicted octanol–water partition coefficient (Wildman–Crippen LogP) is 3.72. The monoisotopic (exact) mass is 212 g/mol. The molecule has 0 aliphatic heterocycles. The van der Waals surface area contributed by atoms with Gasteiger partial charge < -0.3 is 4.90 Å². The normalized spacial score (nSPS) is 11.1. The maximum Gasteiger partial charge on any atom is 0.0844 e. The van der Waals surface area contributed by atoms with Crippen molar-refractivity contribution >= 4 is 6.34 Å². The Hall–Kier alpha value is -0.530. The molecule has 0 aromatic rings. The number of aliphatic imine (C=N–C) groups is 1. The van der Waals surface area contributed by atoms with E-state index in [1.54, 1.807) is 0 Å². The Labute approximate surface area is 95.8 Å². The lowest BCUT2D eigenvalue weighted by molar-refractivity contribution is 0.576. The van der Waals surface area contributed by atoms with Gasteiger partial charge in [0.2, 0.25) is 0 Å². The molecule has 0 rings (SSSR count). The van der Waals surface area contributed by atoms with Crippen molar-refractivity contribution in [2.75, 3.05) is 20.6 Å². The summed E-state index contributed by atoms with van der Waals surface area (Å²) >= 11 is 0. The molecular formula is C13H28N2. The third kappa shape index (κ3) is 13.5. The van der Waals surface area contributed by atoms with Crippen LogP contribution in [0.5, 0.6) is 0 Å². The molecule has 15 heavy (non-hydrogen) atoms. The quantitative estimate of drug-likeness (QED) is 0.306. The SMILES string of the molecule is CCCCCCCCCC/N=C\N(C)C. The van der Waals surface area contributed by atoms with Crippen LogP contribution < -0.4 is 0 Å². The third-order valence-electron chi connectivity index (χ3n) is 2.45. The topological polar surface area (TPSA) is 15.6 Å². The molecule has 0 aromatic heterocycles. The summed E-state index contributed by atoms with van der Waals surface area (Å²) < 4.78 is 0. The molecular weight excluding hydrogens is 184 g/mol. The maximum absolute atomic E-state index is 4.32. The molecule has 0 heterocycles. The Balaban J connectivity index is 2.99. The average Bonchev–Trinajstić information content (AvgIpc) is 2.20. The summed E-state index contributed by atoms with van der Waals surface area (Å²) in [6.07, 6.45) is 12.9. The van der Waals surface area contributed by atoms with Crippen LogP contribution in [0.25, 0.3) is 0 Å². The van der Waals surface area contributed by atoms with E-state index in [0.717, 1.165) is 6.54 Å². The predicted molar refractivity (Wildman–Crippen MR) is 69.7 cm³/mol. The second-order valence-electron chi connectivity index (χ2n) is 4.46. The highest BCUT2D eigenvalue weighted by Crippen LogP contribution is 2.08. The van der Waals surface area contributed by atoms with Gasteiger partial charge in [0.15, 0.2) is 0 Å². The lowest BCUT2D eigenvalue weighted by Crippen LogP contribution is -2.07. The molecule has 0 aliphatic rings. The van der Waals surface area contributed by atoms with E-state index in [1.165, 1.54) is 51.4 Å². The first kappa shape index (κ1) is 14.5. The van der Waals surface area contributed by atoms with Crippen LogP contribution in [0.3, 0.4) is 0 Å². The number of rotatable bonds is 10. The van der Waals surface area contributed by atoms with Crippen LogP contribution in [-0.2, 0) is 0 Å². The van der Waals surface area contributed by atoms with Crippen molar-refractivity contribution in [3.05, 3.63) is 0 Å². The van der Waals surface area contributed by atoms with Gasteiger partial charge in [-0.15, -0.1) is 0 Å². The largest absolute Gasteiger partial charge is 0.369 e. The van der Waals surface area contributed by atoms with Crippen LogP contribution in [-0.4, -0.2) is 31.9 Å². The van der Waals surface area contributed by atoms with Gasteiger partial charge in [-0.3, -0.25) is 4.99 Å². The van der Waals surface area contributed by atoms with Crippen LogP contribution >= 0.6 is 0 Å². The van der Waals surface area contributed by atoms with E-state index >= 15 is 0 Å². The van der Waals surface area contributed by atoms with Gasteiger partial charge >= 0.3 is 0 Å². The van der Waals surface area contributed by atoms with Crippen molar-refractivity contribution in [3.63, 3.8) is 0 Å². The zero-order chi connectivity index (χ0) is 11.4. The maximum atomic E-state index is 4.32. The van der Waals surface area contributed by atoms with Gasteiger partial charge in [-0.05, 0) is 6.42 Å². The molecule has 0 atom stereocenters. The first-order chi connectivity index (χ1) is 7.27. The van der Waals surface area contributed by atoms with Crippen molar-refractivity contribution in [2.45, 2.75) is 58.3 Å². The van der Waals surface area contributed by atoms with E-state index < -0.39 is 0 Å². The lowest BCUT2D eigenvalue weighted by Gasteiger charge is -2.02. The zero-order valence-corrected chi connectivity index (χ0v) is 10.8. The Morgan fingerprint density at radius 3 is 1.93 bits per heavy atom. The highest BCUT2D eigenvalue weighted by atomic mass is 15.1. The highest BCUT2D eigenvalue weighted by Gasteiger charge is 1.90. The fourth-order valence-electron chi connectivity index (χ4n) is 1.56. The molecule has 0 fully saturated rings. The Morgan fingerprint density at radius 2 is 1.40 bits per heavy atom. The summed E-state index contributed by atoms with van der Waals surface area (Å²) in [5.41, 5.74) is 0. The first-order valence-corrected chi connectivity index (χ1v) is 6.43. The summed E-state index contributed by atoms with van der Waals surface area (Å²) in [6.45, 7) is 3.26. The molecule has 0 N–H and O–H groups in total. The number of nitrogens with zero attached hydrogens (tertiary/aromatic N) is 2. The molecule has 0 aromatic carbocycles. The molecule has 90 valence electrons. The number of hydrogen-bond acceptors (Lipinski definition) is 1. The fourth-order valence-corrected chi connectivity index (χ4v) is 1.56. The molecule has 0 amide bonds. The minimum Gasteiger partial charge on any atom is -0.369 e. The van der Waals surface area contributed by atoms with Crippen LogP contribution in [0.4, 0.5) is 0 Å². The minimum absolute atomic E-state index is 0.993. The molecule has 0 radical (unpaired) electrons. The Kier molecular flexibility index (Phi) is 11.1. The minimum atomic E-state index is 0.993. The first-order valence-electron chi connectivity index (χ1n) is 6.43. The van der Waals surface area contributed by atoms with Gasteiger partial charge in [0.05, 0.1) is 6.34 Å². The number of unbranched alkanes of at least 4 members (excludes halogenated alkanes) is 7. The van der Waals surface area contributed by atoms with Crippen molar-refractivity contribution in [1.82, 2.24) is 4.90 Å². The van der Waals surface area contributed by atoms with Crippen molar-refractivity contribution in [2.24, 2.45) is 4.99 Å². The summed E-state index contributed by atoms with van der Waals surface area (Å²) in [6, 6.07) is 0. The highest BCUT2D eigenvalue weighted by molar-refractivity contribution is 5.53. The molecule has 0 spiro atoms. The van der Waals surface area contributed by atoms with E-state index in [9.17, 15) is 0 Å². The van der Waals surface area contributed by atoms with Crippen molar-refractivity contribution < 1.29 is 0 Å². The van der Waals surface area contributed by atoms with Crippen molar-refractivity contribution in [1.29, 1.82) is 0 Å². The Bertz CT molecular complexity index is 141. The van der Waals surface area contributed by atoms with E-state index in [-0.39, 0.29) is 0 Å². The molecule has 0 unspecified atom stereocenters. The summed E-state index contributed by atoms with van der Waals surface area (Å²) in [7, 11) is 4.02. The van der Waals surface area contributed by atoms with Gasteiger partial charge in [-0.2, -0.15) is 0 Å². The number of hydrogen-bond donors (Lipinski definition) is 0. The van der Waals surface area contributed by atoms with Crippen LogP contribution in [0.1, 0.15) is 58.3 Å². The molecule has 0 saturated carbocycles. The smallest absolute Gasteiger partial charge is 0.0844 e. The van der Waals surface area contributed by atoms with Crippen molar-refractivity contribution in [3.8, 4) is 0 Å². The molecule has 0 aliphatic carbocycles. The van der Waals surface area contributed by atoms with Gasteiger partial charge in [0.1, 0.15) is 0 Å². The zero-order valence-electron chi connectivity index (χ0n) is 10.8. The van der Waals surface area contributed by atoms with Gasteiger partial charge in [0.25, 0.3) is 0 Å². The van der Waals surface area contributed by atoms with E-state index in [4.69, 9.17) is 0 Å². The third-order valence-corrected chi connectivity index (χ3v) is 2.45. The Morgan fingerprint density at radius 1 is 0.867 bits per heavy atom. The molecule has 2 nitrogen and oxygen atoms in total. The molecule has 0 bridgehead atoms.